The summed E-state index contributed by atoms with van der Waals surface area (Å²) in [6, 6.07) is 14.0. The molecule has 2 aromatic carbocycles. The SMILES string of the molecule is COc1cc(N2CCN(C(C=O)n3nc(C(F)(F)F)c(Cl)c3C)C(CC(O)c3ccccc3)C2)ccc1Cl. The van der Waals surface area contributed by atoms with Gasteiger partial charge < -0.3 is 14.7 Å². The van der Waals surface area contributed by atoms with Gasteiger partial charge in [-0.3, -0.25) is 9.69 Å². The molecule has 1 aliphatic rings. The van der Waals surface area contributed by atoms with Gasteiger partial charge in [0.25, 0.3) is 0 Å². The van der Waals surface area contributed by atoms with Crippen LogP contribution >= 0.6 is 23.2 Å². The van der Waals surface area contributed by atoms with Crippen LogP contribution in [0.4, 0.5) is 18.9 Å². The first-order valence-corrected chi connectivity index (χ1v) is 12.6. The van der Waals surface area contributed by atoms with Gasteiger partial charge in [-0.25, -0.2) is 4.68 Å². The zero-order valence-corrected chi connectivity index (χ0v) is 22.2. The second kappa shape index (κ2) is 11.5. The summed E-state index contributed by atoms with van der Waals surface area (Å²) in [5.41, 5.74) is 0.308. The number of halogens is 5. The van der Waals surface area contributed by atoms with Crippen molar-refractivity contribution in [3.8, 4) is 5.75 Å². The lowest BCUT2D eigenvalue weighted by molar-refractivity contribution is -0.142. The van der Waals surface area contributed by atoms with Gasteiger partial charge in [0.1, 0.15) is 5.75 Å². The Kier molecular flexibility index (Phi) is 8.56. The third-order valence-electron chi connectivity index (χ3n) is 6.77. The number of hydrogen-bond donors (Lipinski definition) is 1. The van der Waals surface area contributed by atoms with Crippen LogP contribution in [-0.4, -0.2) is 58.9 Å². The van der Waals surface area contributed by atoms with E-state index in [1.165, 1.54) is 14.0 Å². The average Bonchev–Trinajstić information content (AvgIpc) is 3.20. The summed E-state index contributed by atoms with van der Waals surface area (Å²) in [4.78, 5) is 16.2. The molecule has 0 aliphatic carbocycles. The number of hydrogen-bond acceptors (Lipinski definition) is 6. The van der Waals surface area contributed by atoms with Crippen LogP contribution in [0.1, 0.15) is 35.6 Å². The van der Waals surface area contributed by atoms with E-state index >= 15 is 0 Å². The van der Waals surface area contributed by atoms with E-state index in [2.05, 4.69) is 10.00 Å². The van der Waals surface area contributed by atoms with Crippen molar-refractivity contribution in [3.63, 3.8) is 0 Å². The van der Waals surface area contributed by atoms with E-state index in [9.17, 15) is 23.1 Å². The van der Waals surface area contributed by atoms with Crippen molar-refractivity contribution in [2.75, 3.05) is 31.6 Å². The number of rotatable bonds is 8. The van der Waals surface area contributed by atoms with Crippen molar-refractivity contribution in [1.82, 2.24) is 14.7 Å². The smallest absolute Gasteiger partial charge is 0.436 e. The van der Waals surface area contributed by atoms with Crippen LogP contribution in [0.3, 0.4) is 0 Å². The van der Waals surface area contributed by atoms with Gasteiger partial charge in [-0.05, 0) is 31.0 Å². The Bertz CT molecular complexity index is 1270. The number of anilines is 1. The molecule has 3 atom stereocenters. The number of benzene rings is 2. The van der Waals surface area contributed by atoms with Crippen LogP contribution in [0.2, 0.25) is 10.0 Å². The zero-order valence-electron chi connectivity index (χ0n) is 20.7. The molecule has 1 aromatic heterocycles. The number of ether oxygens (including phenoxy) is 1. The maximum atomic E-state index is 13.5. The Morgan fingerprint density at radius 1 is 1.18 bits per heavy atom. The number of aldehydes is 1. The summed E-state index contributed by atoms with van der Waals surface area (Å²) in [5, 5.41) is 14.6. The van der Waals surface area contributed by atoms with Crippen molar-refractivity contribution in [2.24, 2.45) is 0 Å². The number of carbonyl (C=O) groups excluding carboxylic acids is 1. The molecule has 0 amide bonds. The number of nitrogens with zero attached hydrogens (tertiary/aromatic N) is 4. The third-order valence-corrected chi connectivity index (χ3v) is 7.53. The molecule has 1 N–H and O–H groups in total. The highest BCUT2D eigenvalue weighted by atomic mass is 35.5. The minimum atomic E-state index is -4.77. The minimum absolute atomic E-state index is 0.0308. The molecule has 1 fully saturated rings. The zero-order chi connectivity index (χ0) is 27.6. The van der Waals surface area contributed by atoms with Gasteiger partial charge >= 0.3 is 6.18 Å². The number of carbonyl (C=O) groups is 1. The average molecular weight is 571 g/mol. The predicted octanol–water partition coefficient (Wildman–Crippen LogP) is 5.54. The molecule has 3 unspecified atom stereocenters. The summed E-state index contributed by atoms with van der Waals surface area (Å²) in [5.74, 6) is 0.500. The van der Waals surface area contributed by atoms with Crippen molar-refractivity contribution < 1.29 is 27.8 Å². The highest BCUT2D eigenvalue weighted by molar-refractivity contribution is 6.32. The second-order valence-electron chi connectivity index (χ2n) is 9.06. The van der Waals surface area contributed by atoms with Crippen LogP contribution in [0, 0.1) is 6.92 Å². The molecule has 7 nitrogen and oxygen atoms in total. The predicted molar refractivity (Wildman–Crippen MR) is 139 cm³/mol. The first-order valence-electron chi connectivity index (χ1n) is 11.9. The summed E-state index contributed by atoms with van der Waals surface area (Å²) in [7, 11) is 1.52. The fourth-order valence-electron chi connectivity index (χ4n) is 4.79. The lowest BCUT2D eigenvalue weighted by atomic mass is 9.98. The van der Waals surface area contributed by atoms with Crippen LogP contribution in [-0.2, 0) is 11.0 Å². The molecule has 1 saturated heterocycles. The number of piperazine rings is 1. The van der Waals surface area contributed by atoms with E-state index in [1.807, 2.05) is 24.3 Å². The number of aromatic nitrogens is 2. The molecule has 0 spiro atoms. The van der Waals surface area contributed by atoms with Gasteiger partial charge in [0, 0.05) is 37.4 Å². The lowest BCUT2D eigenvalue weighted by Crippen LogP contribution is -2.56. The van der Waals surface area contributed by atoms with Crippen molar-refractivity contribution in [2.45, 2.75) is 37.8 Å². The van der Waals surface area contributed by atoms with Crippen LogP contribution in [0.15, 0.2) is 48.5 Å². The van der Waals surface area contributed by atoms with Gasteiger partial charge in [0.15, 0.2) is 18.1 Å². The van der Waals surface area contributed by atoms with Crippen LogP contribution < -0.4 is 9.64 Å². The fourth-order valence-corrected chi connectivity index (χ4v) is 5.22. The van der Waals surface area contributed by atoms with E-state index in [1.54, 1.807) is 29.2 Å². The van der Waals surface area contributed by atoms with E-state index < -0.39 is 35.2 Å². The molecular weight excluding hydrogens is 544 g/mol. The molecule has 12 heteroatoms. The molecule has 0 bridgehead atoms. The van der Waals surface area contributed by atoms with Crippen molar-refractivity contribution in [3.05, 3.63) is 75.5 Å². The summed E-state index contributed by atoms with van der Waals surface area (Å²) >= 11 is 12.2. The van der Waals surface area contributed by atoms with E-state index in [-0.39, 0.29) is 12.1 Å². The first-order chi connectivity index (χ1) is 18.0. The molecule has 0 radical (unpaired) electrons. The fraction of sp³-hybridized carbons (Fsp3) is 0.385. The second-order valence-corrected chi connectivity index (χ2v) is 9.84. The van der Waals surface area contributed by atoms with Gasteiger partial charge in [0.05, 0.1) is 29.0 Å². The van der Waals surface area contributed by atoms with Crippen LogP contribution in [0.25, 0.3) is 0 Å². The largest absolute Gasteiger partial charge is 0.495 e. The number of methoxy groups -OCH3 is 1. The van der Waals surface area contributed by atoms with E-state index in [0.717, 1.165) is 10.4 Å². The van der Waals surface area contributed by atoms with E-state index in [0.29, 0.717) is 42.3 Å². The lowest BCUT2D eigenvalue weighted by Gasteiger charge is -2.45. The Labute approximate surface area is 228 Å². The number of alkyl halides is 3. The molecular formula is C26H27Cl2F3N4O3. The maximum Gasteiger partial charge on any atom is 0.436 e. The maximum absolute atomic E-state index is 13.5. The third kappa shape index (κ3) is 5.78. The standard InChI is InChI=1S/C26H27Cl2F3N4O3/c1-16-24(28)25(26(29,30)31)32-35(16)23(15-36)34-11-10-33(18-8-9-20(27)22(13-18)38-2)14-19(34)12-21(37)17-6-4-3-5-7-17/h3-9,13,15,19,21,23,37H,10-12,14H2,1-2H3. The summed E-state index contributed by atoms with van der Waals surface area (Å²) < 4.78 is 46.8. The first kappa shape index (κ1) is 28.2. The Hall–Kier alpha value is -2.79. The normalized spacial score (nSPS) is 18.3. The highest BCUT2D eigenvalue weighted by Gasteiger charge is 2.41. The summed E-state index contributed by atoms with van der Waals surface area (Å²) in [6.45, 7) is 2.52. The van der Waals surface area contributed by atoms with Gasteiger partial charge in [0.2, 0.25) is 0 Å². The Morgan fingerprint density at radius 3 is 2.50 bits per heavy atom. The molecule has 0 saturated carbocycles. The highest BCUT2D eigenvalue weighted by Crippen LogP contribution is 2.38. The molecule has 1 aliphatic heterocycles. The monoisotopic (exact) mass is 570 g/mol. The minimum Gasteiger partial charge on any atom is -0.495 e. The number of aliphatic hydroxyl groups excluding tert-OH is 1. The van der Waals surface area contributed by atoms with E-state index in [4.69, 9.17) is 27.9 Å². The van der Waals surface area contributed by atoms with Crippen LogP contribution in [0.5, 0.6) is 5.75 Å². The quantitative estimate of drug-likeness (QED) is 0.359. The molecule has 204 valence electrons. The molecule has 38 heavy (non-hydrogen) atoms. The van der Waals surface area contributed by atoms with Crippen molar-refractivity contribution >= 4 is 35.2 Å². The molecule has 4 rings (SSSR count). The number of aliphatic hydroxyl groups is 1. The Morgan fingerprint density at radius 2 is 1.89 bits per heavy atom. The molecule has 3 aromatic rings. The van der Waals surface area contributed by atoms with Gasteiger partial charge in [-0.1, -0.05) is 53.5 Å². The molecule has 2 heterocycles. The van der Waals surface area contributed by atoms with Crippen molar-refractivity contribution in [1.29, 1.82) is 0 Å². The van der Waals surface area contributed by atoms with Gasteiger partial charge in [-0.15, -0.1) is 0 Å². The Balaban J connectivity index is 1.69. The van der Waals surface area contributed by atoms with Gasteiger partial charge in [-0.2, -0.15) is 18.3 Å². The topological polar surface area (TPSA) is 70.8 Å². The summed E-state index contributed by atoms with van der Waals surface area (Å²) in [6.07, 6.45) is -6.02.